The van der Waals surface area contributed by atoms with E-state index in [0.717, 1.165) is 6.07 Å². The molecule has 2 rings (SSSR count). The minimum absolute atomic E-state index is 0.0465. The lowest BCUT2D eigenvalue weighted by molar-refractivity contribution is 0.262. The molecule has 3 N–H and O–H groups in total. The molecule has 2 aromatic carbocycles. The van der Waals surface area contributed by atoms with Crippen molar-refractivity contribution in [1.29, 1.82) is 0 Å². The molecule has 0 saturated heterocycles. The molecule has 6 heteroatoms. The molecule has 19 heavy (non-hydrogen) atoms. The van der Waals surface area contributed by atoms with Gasteiger partial charge in [0.2, 0.25) is 0 Å². The largest absolute Gasteiger partial charge is 0.506 e. The number of aromatic hydroxyl groups is 1. The number of halogens is 2. The third-order valence-corrected chi connectivity index (χ3v) is 2.62. The first-order valence-corrected chi connectivity index (χ1v) is 5.75. The Balaban J connectivity index is 2.05. The number of phenolic OH excluding ortho intramolecular Hbond substituents is 1. The first-order valence-electron chi connectivity index (χ1n) is 5.37. The van der Waals surface area contributed by atoms with Crippen molar-refractivity contribution in [3.8, 4) is 5.75 Å². The lowest BCUT2D eigenvalue weighted by Gasteiger charge is -2.09. The lowest BCUT2D eigenvalue weighted by atomic mass is 10.3. The predicted molar refractivity (Wildman–Crippen MR) is 72.2 cm³/mol. The Labute approximate surface area is 113 Å². The zero-order valence-electron chi connectivity index (χ0n) is 9.65. The van der Waals surface area contributed by atoms with Gasteiger partial charge >= 0.3 is 6.03 Å². The summed E-state index contributed by atoms with van der Waals surface area (Å²) >= 11 is 5.60. The van der Waals surface area contributed by atoms with Crippen LogP contribution in [0.2, 0.25) is 5.02 Å². The van der Waals surface area contributed by atoms with Gasteiger partial charge in [0.05, 0.1) is 10.7 Å². The van der Waals surface area contributed by atoms with Gasteiger partial charge in [-0.05, 0) is 30.3 Å². The summed E-state index contributed by atoms with van der Waals surface area (Å²) in [6, 6.07) is 9.56. The number of nitrogens with one attached hydrogen (secondary N) is 2. The Morgan fingerprint density at radius 1 is 1.16 bits per heavy atom. The molecule has 0 fully saturated rings. The molecule has 0 aliphatic rings. The van der Waals surface area contributed by atoms with Gasteiger partial charge in [-0.1, -0.05) is 23.7 Å². The second-order valence-corrected chi connectivity index (χ2v) is 4.13. The highest BCUT2D eigenvalue weighted by Gasteiger charge is 2.07. The van der Waals surface area contributed by atoms with Crippen LogP contribution in [0.5, 0.6) is 5.75 Å². The maximum Gasteiger partial charge on any atom is 0.323 e. The molecule has 0 atom stereocenters. The maximum absolute atomic E-state index is 12.9. The number of rotatable bonds is 2. The number of para-hydroxylation sites is 2. The van der Waals surface area contributed by atoms with Crippen LogP contribution in [0.1, 0.15) is 0 Å². The fraction of sp³-hybridized carbons (Fsp3) is 0. The summed E-state index contributed by atoms with van der Waals surface area (Å²) in [4.78, 5) is 11.7. The fourth-order valence-electron chi connectivity index (χ4n) is 1.44. The maximum atomic E-state index is 12.9. The van der Waals surface area contributed by atoms with Gasteiger partial charge in [0.15, 0.2) is 0 Å². The van der Waals surface area contributed by atoms with E-state index in [-0.39, 0.29) is 16.5 Å². The normalized spacial score (nSPS) is 10.0. The Bertz CT molecular complexity index is 619. The minimum atomic E-state index is -0.566. The number of hydrogen-bond donors (Lipinski definition) is 3. The Hall–Kier alpha value is -2.27. The molecule has 0 bridgehead atoms. The van der Waals surface area contributed by atoms with E-state index in [1.165, 1.54) is 18.2 Å². The highest BCUT2D eigenvalue weighted by atomic mass is 35.5. The molecule has 0 radical (unpaired) electrons. The third-order valence-electron chi connectivity index (χ3n) is 2.33. The third kappa shape index (κ3) is 3.35. The number of urea groups is 1. The summed E-state index contributed by atoms with van der Waals surface area (Å²) < 4.78 is 12.9. The van der Waals surface area contributed by atoms with Crippen molar-refractivity contribution in [2.75, 3.05) is 10.6 Å². The van der Waals surface area contributed by atoms with Gasteiger partial charge in [-0.2, -0.15) is 0 Å². The zero-order chi connectivity index (χ0) is 13.8. The van der Waals surface area contributed by atoms with Crippen LogP contribution < -0.4 is 10.6 Å². The van der Waals surface area contributed by atoms with Crippen LogP contribution >= 0.6 is 11.6 Å². The highest BCUT2D eigenvalue weighted by molar-refractivity contribution is 6.31. The summed E-state index contributed by atoms with van der Waals surface area (Å²) in [6.07, 6.45) is 0. The van der Waals surface area contributed by atoms with E-state index < -0.39 is 11.8 Å². The topological polar surface area (TPSA) is 61.4 Å². The van der Waals surface area contributed by atoms with Gasteiger partial charge in [0, 0.05) is 5.69 Å². The van der Waals surface area contributed by atoms with Crippen LogP contribution in [0, 0.1) is 5.82 Å². The predicted octanol–water partition coefficient (Wildman–Crippen LogP) is 3.83. The van der Waals surface area contributed by atoms with E-state index in [2.05, 4.69) is 10.6 Å². The number of benzene rings is 2. The average molecular weight is 281 g/mol. The molecule has 2 aromatic rings. The van der Waals surface area contributed by atoms with E-state index in [9.17, 15) is 14.3 Å². The SMILES string of the molecule is O=C(Nc1ccc(F)c(Cl)c1)Nc1ccccc1O. The van der Waals surface area contributed by atoms with Crippen molar-refractivity contribution < 1.29 is 14.3 Å². The number of carbonyl (C=O) groups excluding carboxylic acids is 1. The Morgan fingerprint density at radius 2 is 1.89 bits per heavy atom. The standard InChI is InChI=1S/C13H10ClFN2O2/c14-9-7-8(5-6-10(9)15)16-13(19)17-11-3-1-2-4-12(11)18/h1-7,18H,(H2,16,17,19). The van der Waals surface area contributed by atoms with Crippen molar-refractivity contribution in [2.45, 2.75) is 0 Å². The number of anilines is 2. The lowest BCUT2D eigenvalue weighted by Crippen LogP contribution is -2.19. The van der Waals surface area contributed by atoms with Gasteiger partial charge in [0.25, 0.3) is 0 Å². The smallest absolute Gasteiger partial charge is 0.323 e. The first kappa shape index (κ1) is 13.2. The summed E-state index contributed by atoms with van der Waals surface area (Å²) in [6.45, 7) is 0. The Morgan fingerprint density at radius 3 is 2.58 bits per heavy atom. The Kier molecular flexibility index (Phi) is 3.87. The van der Waals surface area contributed by atoms with Gasteiger partial charge in [0.1, 0.15) is 11.6 Å². The fourth-order valence-corrected chi connectivity index (χ4v) is 1.62. The molecule has 0 heterocycles. The molecular weight excluding hydrogens is 271 g/mol. The molecule has 0 saturated carbocycles. The van der Waals surface area contributed by atoms with E-state index in [4.69, 9.17) is 11.6 Å². The van der Waals surface area contributed by atoms with Crippen molar-refractivity contribution >= 4 is 29.0 Å². The van der Waals surface area contributed by atoms with E-state index in [1.807, 2.05) is 0 Å². The molecule has 0 unspecified atom stereocenters. The molecule has 0 aliphatic heterocycles. The van der Waals surface area contributed by atoms with Crippen molar-refractivity contribution in [3.05, 3.63) is 53.3 Å². The second kappa shape index (κ2) is 5.58. The van der Waals surface area contributed by atoms with Crippen LogP contribution in [-0.4, -0.2) is 11.1 Å². The molecule has 98 valence electrons. The average Bonchev–Trinajstić information content (AvgIpc) is 2.37. The second-order valence-electron chi connectivity index (χ2n) is 3.73. The first-order chi connectivity index (χ1) is 9.06. The minimum Gasteiger partial charge on any atom is -0.506 e. The monoisotopic (exact) mass is 280 g/mol. The molecule has 0 aromatic heterocycles. The molecule has 2 amide bonds. The van der Waals surface area contributed by atoms with Crippen LogP contribution in [0.4, 0.5) is 20.6 Å². The summed E-state index contributed by atoms with van der Waals surface area (Å²) in [5.41, 5.74) is 0.618. The molecular formula is C13H10ClFN2O2. The van der Waals surface area contributed by atoms with Crippen molar-refractivity contribution in [2.24, 2.45) is 0 Å². The van der Waals surface area contributed by atoms with Crippen molar-refractivity contribution in [1.82, 2.24) is 0 Å². The van der Waals surface area contributed by atoms with Gasteiger partial charge in [-0.25, -0.2) is 9.18 Å². The summed E-state index contributed by atoms with van der Waals surface area (Å²) in [7, 11) is 0. The van der Waals surface area contributed by atoms with Crippen LogP contribution in [0.25, 0.3) is 0 Å². The van der Waals surface area contributed by atoms with Crippen molar-refractivity contribution in [3.63, 3.8) is 0 Å². The van der Waals surface area contributed by atoms with Gasteiger partial charge in [-0.3, -0.25) is 0 Å². The summed E-state index contributed by atoms with van der Waals surface area (Å²) in [5, 5.41) is 14.3. The van der Waals surface area contributed by atoms with Gasteiger partial charge < -0.3 is 15.7 Å². The van der Waals surface area contributed by atoms with Gasteiger partial charge in [-0.15, -0.1) is 0 Å². The van der Waals surface area contributed by atoms with E-state index in [0.29, 0.717) is 5.69 Å². The highest BCUT2D eigenvalue weighted by Crippen LogP contribution is 2.22. The number of carbonyl (C=O) groups is 1. The van der Waals surface area contributed by atoms with Crippen LogP contribution in [0.15, 0.2) is 42.5 Å². The number of hydrogen-bond acceptors (Lipinski definition) is 2. The molecule has 4 nitrogen and oxygen atoms in total. The van der Waals surface area contributed by atoms with Crippen LogP contribution in [-0.2, 0) is 0 Å². The molecule has 0 aliphatic carbocycles. The number of phenols is 1. The quantitative estimate of drug-likeness (QED) is 0.732. The summed E-state index contributed by atoms with van der Waals surface area (Å²) in [5.74, 6) is -0.608. The zero-order valence-corrected chi connectivity index (χ0v) is 10.4. The van der Waals surface area contributed by atoms with E-state index >= 15 is 0 Å². The van der Waals surface area contributed by atoms with Crippen LogP contribution in [0.3, 0.4) is 0 Å². The molecule has 0 spiro atoms. The van der Waals surface area contributed by atoms with E-state index in [1.54, 1.807) is 18.2 Å². The number of amides is 2.